The number of rotatable bonds is 6. The number of halogens is 2. The monoisotopic (exact) mass is 300 g/mol. The number of ether oxygens (including phenoxy) is 1. The Morgan fingerprint density at radius 1 is 1.24 bits per heavy atom. The maximum Gasteiger partial charge on any atom is 0.387 e. The Hall–Kier alpha value is -1.20. The molecule has 2 N–H and O–H groups in total. The van der Waals surface area contributed by atoms with Gasteiger partial charge in [-0.05, 0) is 25.5 Å². The predicted molar refractivity (Wildman–Crippen MR) is 81.5 cm³/mol. The van der Waals surface area contributed by atoms with Gasteiger partial charge < -0.3 is 10.5 Å². The van der Waals surface area contributed by atoms with E-state index in [-0.39, 0.29) is 23.2 Å². The van der Waals surface area contributed by atoms with Gasteiger partial charge in [-0.1, -0.05) is 39.0 Å². The van der Waals surface area contributed by atoms with Gasteiger partial charge >= 0.3 is 6.61 Å². The third-order valence-electron chi connectivity index (χ3n) is 4.07. The average molecular weight is 300 g/mol. The molecule has 0 fully saturated rings. The van der Waals surface area contributed by atoms with Crippen molar-refractivity contribution in [2.24, 2.45) is 11.1 Å². The summed E-state index contributed by atoms with van der Waals surface area (Å²) in [6.07, 6.45) is 0. The number of alkyl halides is 2. The fourth-order valence-electron chi connectivity index (χ4n) is 2.35. The molecule has 1 aromatic carbocycles. The summed E-state index contributed by atoms with van der Waals surface area (Å²) in [4.78, 5) is 2.12. The van der Waals surface area contributed by atoms with E-state index in [4.69, 9.17) is 5.73 Å². The van der Waals surface area contributed by atoms with Crippen LogP contribution >= 0.6 is 0 Å². The van der Waals surface area contributed by atoms with E-state index in [2.05, 4.69) is 37.3 Å². The van der Waals surface area contributed by atoms with Crippen LogP contribution in [0, 0.1) is 5.41 Å². The van der Waals surface area contributed by atoms with Gasteiger partial charge in [0.05, 0.1) is 6.04 Å². The highest BCUT2D eigenvalue weighted by Crippen LogP contribution is 2.34. The summed E-state index contributed by atoms with van der Waals surface area (Å²) in [5.74, 6) is 0.191. The highest BCUT2D eigenvalue weighted by atomic mass is 19.3. The Labute approximate surface area is 126 Å². The molecule has 0 aromatic heterocycles. The molecule has 1 aromatic rings. The molecule has 0 saturated carbocycles. The smallest absolute Gasteiger partial charge is 0.387 e. The first-order chi connectivity index (χ1) is 9.68. The van der Waals surface area contributed by atoms with Gasteiger partial charge in [0, 0.05) is 18.2 Å². The summed E-state index contributed by atoms with van der Waals surface area (Å²) in [7, 11) is 1.96. The predicted octanol–water partition coefficient (Wildman–Crippen LogP) is 3.65. The molecule has 1 rings (SSSR count). The minimum absolute atomic E-state index is 0.0562. The van der Waals surface area contributed by atoms with E-state index in [9.17, 15) is 8.78 Å². The first kappa shape index (κ1) is 17.9. The van der Waals surface area contributed by atoms with Crippen LogP contribution in [0.1, 0.15) is 39.3 Å². The Bertz CT molecular complexity index is 446. The van der Waals surface area contributed by atoms with Crippen molar-refractivity contribution < 1.29 is 13.5 Å². The Kier molecular flexibility index (Phi) is 6.10. The molecule has 21 heavy (non-hydrogen) atoms. The second kappa shape index (κ2) is 7.18. The van der Waals surface area contributed by atoms with Crippen molar-refractivity contribution in [3.8, 4) is 5.75 Å². The van der Waals surface area contributed by atoms with E-state index >= 15 is 0 Å². The van der Waals surface area contributed by atoms with Crippen molar-refractivity contribution in [2.75, 3.05) is 13.6 Å². The summed E-state index contributed by atoms with van der Waals surface area (Å²) >= 11 is 0. The third kappa shape index (κ3) is 4.64. The molecule has 120 valence electrons. The quantitative estimate of drug-likeness (QED) is 0.871. The fourth-order valence-corrected chi connectivity index (χ4v) is 2.35. The van der Waals surface area contributed by atoms with E-state index in [0.29, 0.717) is 12.1 Å². The van der Waals surface area contributed by atoms with Crippen molar-refractivity contribution in [2.45, 2.75) is 46.4 Å². The molecule has 2 atom stereocenters. The molecule has 0 spiro atoms. The molecule has 0 heterocycles. The molecule has 2 unspecified atom stereocenters. The lowest BCUT2D eigenvalue weighted by atomic mass is 9.86. The van der Waals surface area contributed by atoms with Crippen LogP contribution in [0.3, 0.4) is 0 Å². The van der Waals surface area contributed by atoms with Crippen LogP contribution in [0.25, 0.3) is 0 Å². The van der Waals surface area contributed by atoms with Crippen molar-refractivity contribution in [1.82, 2.24) is 4.90 Å². The number of likely N-dealkylation sites (N-methyl/N-ethyl adjacent to an activating group) is 1. The Balaban J connectivity index is 3.10. The van der Waals surface area contributed by atoms with Crippen LogP contribution in [0.15, 0.2) is 24.3 Å². The van der Waals surface area contributed by atoms with Crippen LogP contribution in [-0.4, -0.2) is 31.1 Å². The van der Waals surface area contributed by atoms with Crippen molar-refractivity contribution in [1.29, 1.82) is 0 Å². The molecule has 0 aliphatic carbocycles. The van der Waals surface area contributed by atoms with Crippen LogP contribution in [0.2, 0.25) is 0 Å². The van der Waals surface area contributed by atoms with Crippen LogP contribution in [0.4, 0.5) is 8.78 Å². The maximum absolute atomic E-state index is 12.5. The van der Waals surface area contributed by atoms with E-state index in [0.717, 1.165) is 0 Å². The van der Waals surface area contributed by atoms with E-state index in [1.807, 2.05) is 13.1 Å². The van der Waals surface area contributed by atoms with Crippen LogP contribution in [0.5, 0.6) is 5.75 Å². The van der Waals surface area contributed by atoms with Gasteiger partial charge in [-0.3, -0.25) is 4.90 Å². The summed E-state index contributed by atoms with van der Waals surface area (Å²) in [5.41, 5.74) is 6.65. The van der Waals surface area contributed by atoms with Crippen molar-refractivity contribution >= 4 is 0 Å². The maximum atomic E-state index is 12.5. The molecule has 0 aliphatic rings. The van der Waals surface area contributed by atoms with E-state index in [1.54, 1.807) is 18.2 Å². The Morgan fingerprint density at radius 3 is 2.29 bits per heavy atom. The van der Waals surface area contributed by atoms with Gasteiger partial charge in [-0.2, -0.15) is 8.78 Å². The molecule has 0 saturated heterocycles. The number of nitrogens with two attached hydrogens (primary N) is 1. The Morgan fingerprint density at radius 2 is 1.81 bits per heavy atom. The lowest BCUT2D eigenvalue weighted by Gasteiger charge is -2.40. The average Bonchev–Trinajstić information content (AvgIpc) is 2.38. The topological polar surface area (TPSA) is 38.5 Å². The fraction of sp³-hybridized carbons (Fsp3) is 0.625. The van der Waals surface area contributed by atoms with Gasteiger partial charge in [-0.25, -0.2) is 0 Å². The van der Waals surface area contributed by atoms with Crippen LogP contribution < -0.4 is 10.5 Å². The third-order valence-corrected chi connectivity index (χ3v) is 4.07. The zero-order chi connectivity index (χ0) is 16.2. The second-order valence-corrected chi connectivity index (χ2v) is 6.38. The molecular formula is C16H26F2N2O. The number of nitrogens with zero attached hydrogens (tertiary/aromatic N) is 1. The minimum Gasteiger partial charge on any atom is -0.434 e. The highest BCUT2D eigenvalue weighted by molar-refractivity contribution is 5.36. The summed E-state index contributed by atoms with van der Waals surface area (Å²) in [6, 6.07) is 6.90. The standard InChI is InChI=1S/C16H26F2N2O/c1-11(16(2,3)4)20(5)13(10-19)12-8-6-7-9-14(12)21-15(17)18/h6-9,11,13,15H,10,19H2,1-5H3. The summed E-state index contributed by atoms with van der Waals surface area (Å²) in [6.45, 7) is 6.03. The van der Waals surface area contributed by atoms with E-state index in [1.165, 1.54) is 0 Å². The van der Waals surface area contributed by atoms with Gasteiger partial charge in [0.15, 0.2) is 0 Å². The highest BCUT2D eigenvalue weighted by Gasteiger charge is 2.30. The first-order valence-corrected chi connectivity index (χ1v) is 7.14. The van der Waals surface area contributed by atoms with Gasteiger partial charge in [-0.15, -0.1) is 0 Å². The van der Waals surface area contributed by atoms with Crippen LogP contribution in [-0.2, 0) is 0 Å². The van der Waals surface area contributed by atoms with E-state index < -0.39 is 6.61 Å². The SMILES string of the molecule is CC(N(C)C(CN)c1ccccc1OC(F)F)C(C)(C)C. The zero-order valence-electron chi connectivity index (χ0n) is 13.4. The minimum atomic E-state index is -2.84. The molecule has 0 amide bonds. The number of hydrogen-bond donors (Lipinski definition) is 1. The molecule has 5 heteroatoms. The van der Waals surface area contributed by atoms with Gasteiger partial charge in [0.25, 0.3) is 0 Å². The largest absolute Gasteiger partial charge is 0.434 e. The molecule has 3 nitrogen and oxygen atoms in total. The molecule has 0 bridgehead atoms. The zero-order valence-corrected chi connectivity index (χ0v) is 13.4. The van der Waals surface area contributed by atoms with Gasteiger partial charge in [0.2, 0.25) is 0 Å². The first-order valence-electron chi connectivity index (χ1n) is 7.14. The molecule has 0 radical (unpaired) electrons. The number of para-hydroxylation sites is 1. The lowest BCUT2D eigenvalue weighted by molar-refractivity contribution is -0.0514. The lowest BCUT2D eigenvalue weighted by Crippen LogP contribution is -2.43. The van der Waals surface area contributed by atoms with Crippen molar-refractivity contribution in [3.05, 3.63) is 29.8 Å². The normalized spacial score (nSPS) is 15.3. The molecule has 0 aliphatic heterocycles. The number of benzene rings is 1. The molecular weight excluding hydrogens is 274 g/mol. The van der Waals surface area contributed by atoms with Gasteiger partial charge in [0.1, 0.15) is 5.75 Å². The number of hydrogen-bond acceptors (Lipinski definition) is 3. The van der Waals surface area contributed by atoms with Crippen molar-refractivity contribution in [3.63, 3.8) is 0 Å². The summed E-state index contributed by atoms with van der Waals surface area (Å²) < 4.78 is 29.7. The second-order valence-electron chi connectivity index (χ2n) is 6.38. The summed E-state index contributed by atoms with van der Waals surface area (Å²) in [5, 5.41) is 0.